The highest BCUT2D eigenvalue weighted by atomic mass is 16.1. The molecule has 30 heavy (non-hydrogen) atoms. The van der Waals surface area contributed by atoms with E-state index < -0.39 is 0 Å². The van der Waals surface area contributed by atoms with Crippen LogP contribution in [0.3, 0.4) is 0 Å². The van der Waals surface area contributed by atoms with Gasteiger partial charge in [-0.3, -0.25) is 13.7 Å². The number of rotatable bonds is 2. The Morgan fingerprint density at radius 2 is 1.60 bits per heavy atom. The van der Waals surface area contributed by atoms with E-state index in [9.17, 15) is 4.79 Å². The van der Waals surface area contributed by atoms with E-state index in [1.807, 2.05) is 48.7 Å². The molecule has 0 saturated heterocycles. The highest BCUT2D eigenvalue weighted by Crippen LogP contribution is 2.33. The van der Waals surface area contributed by atoms with E-state index in [0.29, 0.717) is 0 Å². The molecule has 0 unspecified atom stereocenters. The van der Waals surface area contributed by atoms with E-state index in [4.69, 9.17) is 4.98 Å². The second-order valence-corrected chi connectivity index (χ2v) is 7.58. The number of fused-ring (bicyclic) bond motifs is 3. The molecule has 3 aromatic carbocycles. The Morgan fingerprint density at radius 1 is 0.833 bits per heavy atom. The molecule has 6 nitrogen and oxygen atoms in total. The van der Waals surface area contributed by atoms with Crippen LogP contribution in [0.25, 0.3) is 50.0 Å². The zero-order valence-corrected chi connectivity index (χ0v) is 16.6. The summed E-state index contributed by atoms with van der Waals surface area (Å²) in [5.74, 6) is 0.869. The van der Waals surface area contributed by atoms with Crippen LogP contribution in [0.5, 0.6) is 0 Å². The van der Waals surface area contributed by atoms with Crippen LogP contribution in [0.4, 0.5) is 0 Å². The minimum atomic E-state index is -0.0329. The first-order chi connectivity index (χ1) is 14.6. The Hall–Kier alpha value is -4.06. The molecule has 0 radical (unpaired) electrons. The average Bonchev–Trinajstić information content (AvgIpc) is 3.43. The minimum Gasteiger partial charge on any atom is -0.360 e. The average molecular weight is 393 g/mol. The van der Waals surface area contributed by atoms with Gasteiger partial charge in [0.1, 0.15) is 5.82 Å². The molecule has 0 fully saturated rings. The normalized spacial score (nSPS) is 11.8. The molecule has 3 heterocycles. The second-order valence-electron chi connectivity index (χ2n) is 7.58. The molecular weight excluding hydrogens is 374 g/mol. The molecule has 0 atom stereocenters. The number of aryl methyl sites for hydroxylation is 2. The zero-order valence-electron chi connectivity index (χ0n) is 16.6. The lowest BCUT2D eigenvalue weighted by molar-refractivity contribution is 0.795. The summed E-state index contributed by atoms with van der Waals surface area (Å²) in [7, 11) is 3.61. The van der Waals surface area contributed by atoms with Crippen molar-refractivity contribution in [3.05, 3.63) is 83.4 Å². The number of para-hydroxylation sites is 3. The first-order valence-electron chi connectivity index (χ1n) is 9.83. The predicted octanol–water partition coefficient (Wildman–Crippen LogP) is 4.36. The number of aromatic amines is 1. The van der Waals surface area contributed by atoms with Crippen LogP contribution in [0.2, 0.25) is 0 Å². The molecule has 0 aliphatic rings. The van der Waals surface area contributed by atoms with Gasteiger partial charge in [0.05, 0.1) is 22.1 Å². The van der Waals surface area contributed by atoms with E-state index in [1.54, 1.807) is 23.2 Å². The fraction of sp³-hybridized carbons (Fsp3) is 0.0833. The predicted molar refractivity (Wildman–Crippen MR) is 120 cm³/mol. The first kappa shape index (κ1) is 16.9. The van der Waals surface area contributed by atoms with Gasteiger partial charge in [0.15, 0.2) is 0 Å². The quantitative estimate of drug-likeness (QED) is 0.475. The Balaban J connectivity index is 1.71. The number of imidazole rings is 2. The third-order valence-corrected chi connectivity index (χ3v) is 5.90. The van der Waals surface area contributed by atoms with Crippen LogP contribution >= 0.6 is 0 Å². The number of benzene rings is 3. The van der Waals surface area contributed by atoms with Gasteiger partial charge in [-0.05, 0) is 36.4 Å². The molecule has 0 aliphatic heterocycles. The lowest BCUT2D eigenvalue weighted by Gasteiger charge is -2.10. The summed E-state index contributed by atoms with van der Waals surface area (Å²) in [6.45, 7) is 0. The van der Waals surface area contributed by atoms with Gasteiger partial charge in [0.25, 0.3) is 0 Å². The van der Waals surface area contributed by atoms with Gasteiger partial charge in [-0.2, -0.15) is 0 Å². The van der Waals surface area contributed by atoms with E-state index in [0.717, 1.165) is 50.0 Å². The summed E-state index contributed by atoms with van der Waals surface area (Å²) in [6, 6.07) is 22.5. The number of H-pyrrole nitrogens is 1. The van der Waals surface area contributed by atoms with E-state index >= 15 is 0 Å². The number of nitrogens with one attached hydrogen (secondary N) is 1. The highest BCUT2D eigenvalue weighted by Gasteiger charge is 2.18. The van der Waals surface area contributed by atoms with Gasteiger partial charge in [0.2, 0.25) is 0 Å². The summed E-state index contributed by atoms with van der Waals surface area (Å²) in [4.78, 5) is 20.7. The fourth-order valence-electron chi connectivity index (χ4n) is 4.36. The third kappa shape index (κ3) is 2.18. The Labute approximate surface area is 171 Å². The molecule has 6 heteroatoms. The molecule has 0 spiro atoms. The Bertz CT molecular complexity index is 1640. The molecule has 0 aliphatic carbocycles. The summed E-state index contributed by atoms with van der Waals surface area (Å²) < 4.78 is 5.52. The summed E-state index contributed by atoms with van der Waals surface area (Å²) in [5.41, 5.74) is 6.81. The van der Waals surface area contributed by atoms with E-state index in [1.165, 1.54) is 0 Å². The zero-order chi connectivity index (χ0) is 20.4. The molecule has 1 N–H and O–H groups in total. The molecule has 3 aromatic heterocycles. The maximum Gasteiger partial charge on any atom is 0.328 e. The van der Waals surface area contributed by atoms with Gasteiger partial charge < -0.3 is 4.98 Å². The lowest BCUT2D eigenvalue weighted by atomic mass is 10.1. The lowest BCUT2D eigenvalue weighted by Crippen LogP contribution is -2.19. The standard InChI is InChI=1S/C24H19N5O/c1-27-21-12-11-15(13-22(21)28(2)24(27)30)29-20-10-6-5-9-19(20)26-23(29)17-14-25-18-8-4-3-7-16(17)18/h3-14,25H,1-2H3. The van der Waals surface area contributed by atoms with Gasteiger partial charge >= 0.3 is 5.69 Å². The van der Waals surface area contributed by atoms with Gasteiger partial charge in [0, 0.05) is 42.4 Å². The van der Waals surface area contributed by atoms with Crippen molar-refractivity contribution in [2.75, 3.05) is 0 Å². The van der Waals surface area contributed by atoms with Crippen molar-refractivity contribution in [1.29, 1.82) is 0 Å². The van der Waals surface area contributed by atoms with Crippen LogP contribution in [0.15, 0.2) is 77.7 Å². The number of aromatic nitrogens is 5. The van der Waals surface area contributed by atoms with E-state index in [-0.39, 0.29) is 5.69 Å². The van der Waals surface area contributed by atoms with Crippen molar-refractivity contribution in [1.82, 2.24) is 23.7 Å². The topological polar surface area (TPSA) is 60.5 Å². The number of hydrogen-bond acceptors (Lipinski definition) is 2. The SMILES string of the molecule is Cn1c(=O)n(C)c2cc(-n3c(-c4c[nH]c5ccccc45)nc4ccccc43)ccc21. The highest BCUT2D eigenvalue weighted by molar-refractivity contribution is 5.96. The van der Waals surface area contributed by atoms with Crippen LogP contribution in [-0.2, 0) is 14.1 Å². The minimum absolute atomic E-state index is 0.0329. The van der Waals surface area contributed by atoms with Gasteiger partial charge in [-0.25, -0.2) is 9.78 Å². The van der Waals surface area contributed by atoms with Crippen LogP contribution < -0.4 is 5.69 Å². The van der Waals surface area contributed by atoms with E-state index in [2.05, 4.69) is 33.8 Å². The van der Waals surface area contributed by atoms with Crippen molar-refractivity contribution in [2.24, 2.45) is 14.1 Å². The molecule has 0 amide bonds. The van der Waals surface area contributed by atoms with Gasteiger partial charge in [-0.1, -0.05) is 30.3 Å². The van der Waals surface area contributed by atoms with Crippen molar-refractivity contribution in [2.45, 2.75) is 0 Å². The number of nitrogens with zero attached hydrogens (tertiary/aromatic N) is 4. The summed E-state index contributed by atoms with van der Waals surface area (Å²) in [5, 5.41) is 1.13. The van der Waals surface area contributed by atoms with Crippen molar-refractivity contribution < 1.29 is 0 Å². The molecule has 146 valence electrons. The molecule has 6 rings (SSSR count). The Kier molecular flexibility index (Phi) is 3.35. The Morgan fingerprint density at radius 3 is 2.50 bits per heavy atom. The summed E-state index contributed by atoms with van der Waals surface area (Å²) >= 11 is 0. The van der Waals surface area contributed by atoms with Crippen molar-refractivity contribution in [3.8, 4) is 17.1 Å². The maximum absolute atomic E-state index is 12.4. The fourth-order valence-corrected chi connectivity index (χ4v) is 4.36. The number of hydrogen-bond donors (Lipinski definition) is 1. The summed E-state index contributed by atoms with van der Waals surface area (Å²) in [6.07, 6.45) is 2.01. The van der Waals surface area contributed by atoms with Crippen LogP contribution in [0.1, 0.15) is 0 Å². The van der Waals surface area contributed by atoms with Crippen LogP contribution in [-0.4, -0.2) is 23.7 Å². The maximum atomic E-state index is 12.4. The second kappa shape index (κ2) is 5.97. The molecule has 0 bridgehead atoms. The van der Waals surface area contributed by atoms with Crippen molar-refractivity contribution in [3.63, 3.8) is 0 Å². The monoisotopic (exact) mass is 393 g/mol. The van der Waals surface area contributed by atoms with Crippen molar-refractivity contribution >= 4 is 33.0 Å². The largest absolute Gasteiger partial charge is 0.360 e. The molecular formula is C24H19N5O. The first-order valence-corrected chi connectivity index (χ1v) is 9.83. The third-order valence-electron chi connectivity index (χ3n) is 5.90. The molecule has 6 aromatic rings. The molecule has 0 saturated carbocycles. The van der Waals surface area contributed by atoms with Crippen LogP contribution in [0, 0.1) is 0 Å². The van der Waals surface area contributed by atoms with Gasteiger partial charge in [-0.15, -0.1) is 0 Å². The smallest absolute Gasteiger partial charge is 0.328 e.